The largest absolute Gasteiger partial charge is 0.105 e. The van der Waals surface area contributed by atoms with E-state index < -0.39 is 0 Å². The summed E-state index contributed by atoms with van der Waals surface area (Å²) in [4.78, 5) is 0. The Bertz CT molecular complexity index is 584. The number of fused-ring (bicyclic) bond motifs is 3. The predicted octanol–water partition coefficient (Wildman–Crippen LogP) is 4.10. The van der Waals surface area contributed by atoms with E-state index in [9.17, 15) is 0 Å². The highest BCUT2D eigenvalue weighted by Crippen LogP contribution is 2.38. The highest BCUT2D eigenvalue weighted by molar-refractivity contribution is 7.27. The lowest BCUT2D eigenvalue weighted by Gasteiger charge is -2.11. The zero-order valence-corrected chi connectivity index (χ0v) is 12.0. The van der Waals surface area contributed by atoms with Gasteiger partial charge in [0.2, 0.25) is 0 Å². The minimum atomic E-state index is 1.12. The lowest BCUT2D eigenvalue weighted by molar-refractivity contribution is 0.793. The molecule has 92 valence electrons. The Labute approximate surface area is 112 Å². The normalized spacial score (nSPS) is 12.3. The molecule has 1 heteroatoms. The summed E-state index contributed by atoms with van der Waals surface area (Å²) >= 11 is 0. The monoisotopic (exact) mass is 254 g/mol. The predicted molar refractivity (Wildman–Crippen MR) is 82.6 cm³/mol. The number of rotatable bonds is 3. The van der Waals surface area contributed by atoms with Gasteiger partial charge >= 0.3 is 0 Å². The van der Waals surface area contributed by atoms with Crippen molar-refractivity contribution in [1.82, 2.24) is 0 Å². The van der Waals surface area contributed by atoms with Crippen LogP contribution < -0.4 is 5.30 Å². The van der Waals surface area contributed by atoms with E-state index in [0.29, 0.717) is 0 Å². The van der Waals surface area contributed by atoms with E-state index in [1.165, 1.54) is 41.3 Å². The molecule has 1 unspecified atom stereocenters. The first kappa shape index (κ1) is 11.9. The van der Waals surface area contributed by atoms with Crippen LogP contribution in [-0.2, 0) is 12.8 Å². The second kappa shape index (κ2) is 4.86. The van der Waals surface area contributed by atoms with Gasteiger partial charge in [0.15, 0.2) is 0 Å². The maximum absolute atomic E-state index is 2.91. The van der Waals surface area contributed by atoms with Gasteiger partial charge in [-0.1, -0.05) is 49.7 Å². The maximum Gasteiger partial charge on any atom is -0.00105 e. The molecule has 1 aliphatic rings. The van der Waals surface area contributed by atoms with E-state index in [0.717, 1.165) is 6.42 Å². The maximum atomic E-state index is 2.91. The molecule has 0 N–H and O–H groups in total. The second-order valence-electron chi connectivity index (χ2n) is 5.10. The molecule has 0 saturated carbocycles. The van der Waals surface area contributed by atoms with Crippen LogP contribution in [0.25, 0.3) is 11.1 Å². The van der Waals surface area contributed by atoms with Crippen LogP contribution >= 0.6 is 9.24 Å². The molecule has 18 heavy (non-hydrogen) atoms. The van der Waals surface area contributed by atoms with Gasteiger partial charge in [-0.2, -0.15) is 0 Å². The van der Waals surface area contributed by atoms with Crippen LogP contribution in [0.4, 0.5) is 0 Å². The van der Waals surface area contributed by atoms with E-state index >= 15 is 0 Å². The Balaban J connectivity index is 2.10. The van der Waals surface area contributed by atoms with Crippen molar-refractivity contribution in [3.05, 3.63) is 53.1 Å². The zero-order valence-electron chi connectivity index (χ0n) is 10.9. The third-order valence-electron chi connectivity index (χ3n) is 3.92. The molecule has 0 fully saturated rings. The average molecular weight is 254 g/mol. The summed E-state index contributed by atoms with van der Waals surface area (Å²) in [6, 6.07) is 13.4. The van der Waals surface area contributed by atoms with Crippen LogP contribution in [0.1, 0.15) is 36.5 Å². The van der Waals surface area contributed by atoms with Gasteiger partial charge in [-0.3, -0.25) is 0 Å². The van der Waals surface area contributed by atoms with Crippen LogP contribution in [0.2, 0.25) is 0 Å². The van der Waals surface area contributed by atoms with Crippen LogP contribution in [0.3, 0.4) is 0 Å². The molecule has 2 aromatic carbocycles. The summed E-state index contributed by atoms with van der Waals surface area (Å²) in [6.07, 6.45) is 4.88. The van der Waals surface area contributed by atoms with Gasteiger partial charge in [-0.25, -0.2) is 0 Å². The van der Waals surface area contributed by atoms with Crippen LogP contribution in [0.5, 0.6) is 0 Å². The SMILES string of the molecule is CCCCc1c(P)ccc2c1Cc1ccccc1-2. The summed E-state index contributed by atoms with van der Waals surface area (Å²) < 4.78 is 0. The number of benzene rings is 2. The number of unbranched alkanes of at least 4 members (excludes halogenated alkanes) is 1. The highest BCUT2D eigenvalue weighted by Gasteiger charge is 2.21. The Hall–Kier alpha value is -1.13. The van der Waals surface area contributed by atoms with Gasteiger partial charge in [-0.15, -0.1) is 9.24 Å². The zero-order chi connectivity index (χ0) is 12.5. The first-order valence-corrected chi connectivity index (χ1v) is 7.37. The molecular formula is C17H19P. The molecule has 0 aromatic heterocycles. The van der Waals surface area contributed by atoms with Gasteiger partial charge in [-0.05, 0) is 52.4 Å². The van der Waals surface area contributed by atoms with Crippen molar-refractivity contribution in [1.29, 1.82) is 0 Å². The summed E-state index contributed by atoms with van der Waals surface area (Å²) in [6.45, 7) is 2.26. The molecule has 0 spiro atoms. The number of hydrogen-bond acceptors (Lipinski definition) is 0. The molecule has 3 rings (SSSR count). The van der Waals surface area contributed by atoms with Gasteiger partial charge in [0.05, 0.1) is 0 Å². The van der Waals surface area contributed by atoms with E-state index in [1.807, 2.05) is 0 Å². The molecule has 0 bridgehead atoms. The fourth-order valence-electron chi connectivity index (χ4n) is 2.94. The van der Waals surface area contributed by atoms with Crippen molar-refractivity contribution >= 4 is 14.5 Å². The van der Waals surface area contributed by atoms with E-state index in [-0.39, 0.29) is 0 Å². The Kier molecular flexibility index (Phi) is 3.22. The summed E-state index contributed by atoms with van der Waals surface area (Å²) in [7, 11) is 2.91. The van der Waals surface area contributed by atoms with Crippen molar-refractivity contribution in [3.63, 3.8) is 0 Å². The van der Waals surface area contributed by atoms with Crippen LogP contribution in [0, 0.1) is 0 Å². The second-order valence-corrected chi connectivity index (χ2v) is 5.72. The first-order chi connectivity index (χ1) is 8.81. The summed E-state index contributed by atoms with van der Waals surface area (Å²) in [5.74, 6) is 0. The molecule has 0 saturated heterocycles. The Morgan fingerprint density at radius 2 is 1.89 bits per heavy atom. The minimum Gasteiger partial charge on any atom is -0.105 e. The molecule has 2 aromatic rings. The number of hydrogen-bond donors (Lipinski definition) is 0. The van der Waals surface area contributed by atoms with Crippen LogP contribution in [-0.4, -0.2) is 0 Å². The van der Waals surface area contributed by atoms with Crippen molar-refractivity contribution in [2.75, 3.05) is 0 Å². The summed E-state index contributed by atoms with van der Waals surface area (Å²) in [5.41, 5.74) is 7.52. The standard InChI is InChI=1S/C17H19P/c1-2-3-7-15-16-11-12-6-4-5-8-13(12)14(16)9-10-17(15)18/h4-6,8-10H,2-3,7,11,18H2,1H3. The topological polar surface area (TPSA) is 0 Å². The Morgan fingerprint density at radius 1 is 1.06 bits per heavy atom. The molecule has 1 aliphatic carbocycles. The highest BCUT2D eigenvalue weighted by atomic mass is 31.0. The van der Waals surface area contributed by atoms with Gasteiger partial charge in [0.25, 0.3) is 0 Å². The molecule has 0 radical (unpaired) electrons. The molecule has 0 amide bonds. The minimum absolute atomic E-state index is 1.12. The van der Waals surface area contributed by atoms with Gasteiger partial charge in [0.1, 0.15) is 0 Å². The van der Waals surface area contributed by atoms with Crippen LogP contribution in [0.15, 0.2) is 36.4 Å². The first-order valence-electron chi connectivity index (χ1n) is 6.79. The van der Waals surface area contributed by atoms with Crippen molar-refractivity contribution in [2.45, 2.75) is 32.6 Å². The average Bonchev–Trinajstić information content (AvgIpc) is 2.76. The lowest BCUT2D eigenvalue weighted by Crippen LogP contribution is -2.06. The third kappa shape index (κ3) is 1.89. The van der Waals surface area contributed by atoms with Crippen molar-refractivity contribution < 1.29 is 0 Å². The molecular weight excluding hydrogens is 235 g/mol. The van der Waals surface area contributed by atoms with E-state index in [1.54, 1.807) is 11.1 Å². The van der Waals surface area contributed by atoms with Gasteiger partial charge < -0.3 is 0 Å². The molecule has 0 aliphatic heterocycles. The molecule has 0 heterocycles. The summed E-state index contributed by atoms with van der Waals surface area (Å²) in [5, 5.41) is 1.38. The fourth-order valence-corrected chi connectivity index (χ4v) is 3.36. The van der Waals surface area contributed by atoms with Crippen molar-refractivity contribution in [2.24, 2.45) is 0 Å². The fraction of sp³-hybridized carbons (Fsp3) is 0.294. The smallest absolute Gasteiger partial charge is 0.00105 e. The van der Waals surface area contributed by atoms with Gasteiger partial charge in [0, 0.05) is 0 Å². The lowest BCUT2D eigenvalue weighted by atomic mass is 9.97. The van der Waals surface area contributed by atoms with Crippen molar-refractivity contribution in [3.8, 4) is 11.1 Å². The Morgan fingerprint density at radius 3 is 2.72 bits per heavy atom. The third-order valence-corrected chi connectivity index (χ3v) is 4.46. The van der Waals surface area contributed by atoms with E-state index in [2.05, 4.69) is 52.6 Å². The molecule has 1 atom stereocenters. The van der Waals surface area contributed by atoms with E-state index in [4.69, 9.17) is 0 Å². The molecule has 0 nitrogen and oxygen atoms in total. The quantitative estimate of drug-likeness (QED) is 0.617.